The van der Waals surface area contributed by atoms with Crippen LogP contribution in [0.15, 0.2) is 49.4 Å². The number of aromatic nitrogens is 5. The lowest BCUT2D eigenvalue weighted by atomic mass is 10.1. The number of carbonyl (C=O) groups is 1. The van der Waals surface area contributed by atoms with Crippen LogP contribution in [0.3, 0.4) is 0 Å². The molecular weight excluding hydrogens is 565 g/mol. The van der Waals surface area contributed by atoms with Crippen LogP contribution in [0.1, 0.15) is 23.1 Å². The summed E-state index contributed by atoms with van der Waals surface area (Å²) in [5.41, 5.74) is 5.00. The molecule has 1 saturated heterocycles. The predicted molar refractivity (Wildman–Crippen MR) is 160 cm³/mol. The van der Waals surface area contributed by atoms with Gasteiger partial charge in [0, 0.05) is 56.6 Å². The minimum absolute atomic E-state index is 0.0463. The molecule has 0 aromatic carbocycles. The van der Waals surface area contributed by atoms with E-state index in [1.165, 1.54) is 23.9 Å². The third-order valence-electron chi connectivity index (χ3n) is 9.49. The highest BCUT2D eigenvalue weighted by atomic mass is 19.1. The Hall–Kier alpha value is -4.29. The molecule has 0 bridgehead atoms. The van der Waals surface area contributed by atoms with Crippen molar-refractivity contribution in [1.82, 2.24) is 34.2 Å². The van der Waals surface area contributed by atoms with Crippen molar-refractivity contribution in [3.63, 3.8) is 0 Å². The third-order valence-corrected chi connectivity index (χ3v) is 9.49. The van der Waals surface area contributed by atoms with Gasteiger partial charge in [0.05, 0.1) is 44.0 Å². The summed E-state index contributed by atoms with van der Waals surface area (Å²) in [6.45, 7) is 10.8. The van der Waals surface area contributed by atoms with Crippen LogP contribution in [-0.2, 0) is 17.8 Å². The minimum atomic E-state index is -0.823. The van der Waals surface area contributed by atoms with Gasteiger partial charge in [-0.2, -0.15) is 10.2 Å². The number of ether oxygens (including phenoxy) is 2. The number of methoxy groups -OCH3 is 1. The fourth-order valence-electron chi connectivity index (χ4n) is 7.03. The van der Waals surface area contributed by atoms with Gasteiger partial charge in [0.25, 0.3) is 0 Å². The van der Waals surface area contributed by atoms with Crippen molar-refractivity contribution in [2.45, 2.75) is 26.0 Å². The first kappa shape index (κ1) is 28.5. The number of likely N-dealkylation sites (tertiary alicyclic amines) is 1. The first-order valence-corrected chi connectivity index (χ1v) is 15.0. The number of fused-ring (bicyclic) bond motifs is 3. The third kappa shape index (κ3) is 5.01. The first-order valence-electron chi connectivity index (χ1n) is 15.0. The van der Waals surface area contributed by atoms with Crippen molar-refractivity contribution >= 4 is 11.4 Å². The van der Waals surface area contributed by atoms with Crippen LogP contribution < -0.4 is 9.47 Å². The predicted octanol–water partition coefficient (Wildman–Crippen LogP) is 2.91. The van der Waals surface area contributed by atoms with Gasteiger partial charge in [0.1, 0.15) is 5.82 Å². The first-order chi connectivity index (χ1) is 21.4. The Labute approximate surface area is 254 Å². The normalized spacial score (nSPS) is 21.9. The Bertz CT molecular complexity index is 1710. The van der Waals surface area contributed by atoms with Gasteiger partial charge < -0.3 is 24.4 Å². The van der Waals surface area contributed by atoms with E-state index in [4.69, 9.17) is 14.6 Å². The number of aliphatic hydroxyl groups excluding tert-OH is 1. The smallest absolute Gasteiger partial charge is 0.245 e. The molecule has 2 aliphatic heterocycles. The number of aliphatic hydroxyl groups is 1. The second kappa shape index (κ2) is 11.3. The molecular formula is C32H36FN7O4. The number of rotatable bonds is 9. The number of nitrogens with zero attached hydrogens (tertiary/aromatic N) is 7. The van der Waals surface area contributed by atoms with Crippen molar-refractivity contribution in [1.29, 1.82) is 0 Å². The van der Waals surface area contributed by atoms with E-state index in [0.29, 0.717) is 40.5 Å². The maximum atomic E-state index is 13.5. The highest BCUT2D eigenvalue weighted by Crippen LogP contribution is 2.52. The van der Waals surface area contributed by atoms with Crippen molar-refractivity contribution in [2.75, 3.05) is 46.4 Å². The zero-order chi connectivity index (χ0) is 30.5. The van der Waals surface area contributed by atoms with E-state index in [0.717, 1.165) is 68.7 Å². The van der Waals surface area contributed by atoms with E-state index < -0.39 is 11.9 Å². The molecule has 1 aliphatic carbocycles. The molecule has 1 N–H and O–H groups in total. The molecule has 1 saturated carbocycles. The molecule has 3 aliphatic rings. The number of hydrogen-bond acceptors (Lipinski definition) is 8. The summed E-state index contributed by atoms with van der Waals surface area (Å²) in [5, 5.41) is 19.7. The Morgan fingerprint density at radius 1 is 1.20 bits per heavy atom. The van der Waals surface area contributed by atoms with Crippen LogP contribution in [0.5, 0.6) is 11.5 Å². The van der Waals surface area contributed by atoms with Crippen molar-refractivity contribution in [3.05, 3.63) is 72.2 Å². The van der Waals surface area contributed by atoms with E-state index in [-0.39, 0.29) is 12.5 Å². The number of pyridine rings is 2. The lowest BCUT2D eigenvalue weighted by Crippen LogP contribution is -2.34. The van der Waals surface area contributed by atoms with Gasteiger partial charge in [-0.1, -0.05) is 6.58 Å². The molecule has 4 aromatic heterocycles. The molecule has 2 fully saturated rings. The lowest BCUT2D eigenvalue weighted by Gasteiger charge is -2.23. The molecule has 2 unspecified atom stereocenters. The van der Waals surface area contributed by atoms with E-state index in [9.17, 15) is 14.3 Å². The molecule has 44 heavy (non-hydrogen) atoms. The zero-order valence-electron chi connectivity index (χ0n) is 24.9. The van der Waals surface area contributed by atoms with Crippen LogP contribution in [0.2, 0.25) is 0 Å². The van der Waals surface area contributed by atoms with E-state index >= 15 is 0 Å². The SMILES string of the molecule is C=CC(=O)N1C[C@@H]2C(CN3CCc4c(C)c(-c5cc(OC(CO)c6ccc(F)cn6)c6c(OC)cnn6c5)nn4CC3)[C@@H]2C1. The number of amides is 1. The van der Waals surface area contributed by atoms with Gasteiger partial charge in [0.2, 0.25) is 5.91 Å². The topological polar surface area (TPSA) is 110 Å². The number of hydrogen-bond donors (Lipinski definition) is 1. The van der Waals surface area contributed by atoms with Crippen LogP contribution in [0.25, 0.3) is 16.8 Å². The molecule has 0 spiro atoms. The highest BCUT2D eigenvalue weighted by molar-refractivity contribution is 5.87. The fraction of sp³-hybridized carbons (Fsp3) is 0.438. The van der Waals surface area contributed by atoms with Gasteiger partial charge in [-0.15, -0.1) is 0 Å². The Morgan fingerprint density at radius 3 is 2.73 bits per heavy atom. The van der Waals surface area contributed by atoms with Gasteiger partial charge in [0.15, 0.2) is 23.1 Å². The summed E-state index contributed by atoms with van der Waals surface area (Å²) in [7, 11) is 1.56. The minimum Gasteiger partial charge on any atom is -0.493 e. The summed E-state index contributed by atoms with van der Waals surface area (Å²) in [5.74, 6) is 2.44. The van der Waals surface area contributed by atoms with Crippen molar-refractivity contribution < 1.29 is 23.8 Å². The quantitative estimate of drug-likeness (QED) is 0.292. The molecule has 0 radical (unpaired) electrons. The molecule has 12 heteroatoms. The van der Waals surface area contributed by atoms with Crippen LogP contribution in [0.4, 0.5) is 4.39 Å². The van der Waals surface area contributed by atoms with Gasteiger partial charge >= 0.3 is 0 Å². The second-order valence-corrected chi connectivity index (χ2v) is 11.9. The number of piperidine rings is 1. The fourth-order valence-corrected chi connectivity index (χ4v) is 7.03. The summed E-state index contributed by atoms with van der Waals surface area (Å²) in [6, 6.07) is 4.68. The molecule has 4 atom stereocenters. The average Bonchev–Trinajstić information content (AvgIpc) is 3.34. The van der Waals surface area contributed by atoms with Gasteiger partial charge in [-0.25, -0.2) is 8.91 Å². The molecule has 230 valence electrons. The highest BCUT2D eigenvalue weighted by Gasteiger charge is 2.56. The zero-order valence-corrected chi connectivity index (χ0v) is 24.9. The number of halogens is 1. The van der Waals surface area contributed by atoms with E-state index in [1.807, 2.05) is 17.2 Å². The average molecular weight is 602 g/mol. The second-order valence-electron chi connectivity index (χ2n) is 11.9. The van der Waals surface area contributed by atoms with Gasteiger partial charge in [-0.3, -0.25) is 14.5 Å². The summed E-state index contributed by atoms with van der Waals surface area (Å²) < 4.78 is 29.2. The maximum Gasteiger partial charge on any atom is 0.245 e. The maximum absolute atomic E-state index is 13.5. The Balaban J connectivity index is 1.10. The molecule has 11 nitrogen and oxygen atoms in total. The number of carbonyl (C=O) groups excluding carboxylic acids is 1. The van der Waals surface area contributed by atoms with Crippen LogP contribution >= 0.6 is 0 Å². The van der Waals surface area contributed by atoms with Crippen molar-refractivity contribution in [3.8, 4) is 22.8 Å². The standard InChI is InChI=1S/C32H36FN7O4/c1-4-30(42)38-16-23-22(24(23)17-38)15-37-8-7-26-19(2)31(36-39(26)10-9-37)20-11-27(32-28(43-3)13-35-40(32)14-20)44-29(18-41)25-6-5-21(33)12-34-25/h4-6,11-14,22-24,29,41H,1,7-10,15-18H2,2-3H3/t22?,23-,24+,29?. The van der Waals surface area contributed by atoms with Crippen LogP contribution in [-0.4, -0.2) is 91.6 Å². The van der Waals surface area contributed by atoms with Crippen molar-refractivity contribution in [2.24, 2.45) is 17.8 Å². The lowest BCUT2D eigenvalue weighted by molar-refractivity contribution is -0.125. The Kier molecular flexibility index (Phi) is 7.33. The monoisotopic (exact) mass is 601 g/mol. The molecule has 4 aromatic rings. The Morgan fingerprint density at radius 2 is 2.02 bits per heavy atom. The van der Waals surface area contributed by atoms with E-state index in [2.05, 4.69) is 33.2 Å². The summed E-state index contributed by atoms with van der Waals surface area (Å²) in [4.78, 5) is 20.5. The summed E-state index contributed by atoms with van der Waals surface area (Å²) in [6.07, 6.45) is 6.11. The van der Waals surface area contributed by atoms with E-state index in [1.54, 1.807) is 17.8 Å². The largest absolute Gasteiger partial charge is 0.493 e. The van der Waals surface area contributed by atoms with Gasteiger partial charge in [-0.05, 0) is 54.5 Å². The van der Waals surface area contributed by atoms with Crippen LogP contribution in [0, 0.1) is 30.5 Å². The molecule has 6 heterocycles. The molecule has 1 amide bonds. The summed E-state index contributed by atoms with van der Waals surface area (Å²) >= 11 is 0. The molecule has 7 rings (SSSR count).